The number of nitriles is 1. The normalized spacial score (nSPS) is 11.5. The van der Waals surface area contributed by atoms with Gasteiger partial charge in [0.2, 0.25) is 11.6 Å². The maximum Gasteiger partial charge on any atom is 0.237 e. The van der Waals surface area contributed by atoms with Gasteiger partial charge in [0, 0.05) is 12.0 Å². The maximum atomic E-state index is 13.4. The quantitative estimate of drug-likeness (QED) is 0.431. The highest BCUT2D eigenvalue weighted by Crippen LogP contribution is 2.10. The van der Waals surface area contributed by atoms with Crippen molar-refractivity contribution in [2.24, 2.45) is 0 Å². The van der Waals surface area contributed by atoms with Crippen LogP contribution in [0.2, 0.25) is 0 Å². The third kappa shape index (κ3) is 3.80. The first kappa shape index (κ1) is 13.0. The lowest BCUT2D eigenvalue weighted by atomic mass is 10.0. The summed E-state index contributed by atoms with van der Waals surface area (Å²) in [4.78, 5) is 23.0. The minimum atomic E-state index is -1.81. The molecule has 0 saturated heterocycles. The van der Waals surface area contributed by atoms with Crippen molar-refractivity contribution >= 4 is 11.6 Å². The van der Waals surface area contributed by atoms with Gasteiger partial charge in [-0.1, -0.05) is 30.3 Å². The number of rotatable bonds is 6. The van der Waals surface area contributed by atoms with E-state index in [-0.39, 0.29) is 24.8 Å². The van der Waals surface area contributed by atoms with Crippen molar-refractivity contribution < 1.29 is 14.0 Å². The van der Waals surface area contributed by atoms with E-state index in [0.717, 1.165) is 0 Å². The zero-order chi connectivity index (χ0) is 12.7. The molecule has 0 saturated carbocycles. The Bertz CT molecular complexity index is 436. The molecule has 1 atom stereocenters. The largest absolute Gasteiger partial charge is 0.287 e. The lowest BCUT2D eigenvalue weighted by Crippen LogP contribution is -2.25. The fraction of sp³-hybridized carbons (Fsp3) is 0.308. The molecule has 0 fully saturated rings. The second-order valence-electron chi connectivity index (χ2n) is 3.58. The van der Waals surface area contributed by atoms with Crippen molar-refractivity contribution in [3.63, 3.8) is 0 Å². The van der Waals surface area contributed by atoms with Gasteiger partial charge in [-0.05, 0) is 12.8 Å². The Morgan fingerprint density at radius 3 is 2.53 bits per heavy atom. The number of carbonyl (C=O) groups excluding carboxylic acids is 2. The Labute approximate surface area is 98.9 Å². The number of Topliss-reactive ketones (excluding diaryl/α,β-unsaturated/α-hetero) is 2. The highest BCUT2D eigenvalue weighted by molar-refractivity contribution is 6.45. The van der Waals surface area contributed by atoms with E-state index in [1.54, 1.807) is 18.2 Å². The van der Waals surface area contributed by atoms with Crippen LogP contribution in [-0.4, -0.2) is 17.7 Å². The number of unbranched alkanes of at least 4 members (excludes halogenated alkanes) is 1. The van der Waals surface area contributed by atoms with Gasteiger partial charge >= 0.3 is 0 Å². The van der Waals surface area contributed by atoms with Crippen molar-refractivity contribution in [3.8, 4) is 6.07 Å². The van der Waals surface area contributed by atoms with Gasteiger partial charge in [0.05, 0.1) is 6.07 Å². The SMILES string of the molecule is N#CCCCC(F)C(=O)C(=O)c1ccccc1. The summed E-state index contributed by atoms with van der Waals surface area (Å²) in [5.41, 5.74) is 0.195. The van der Waals surface area contributed by atoms with Crippen LogP contribution in [-0.2, 0) is 4.79 Å². The minimum Gasteiger partial charge on any atom is -0.287 e. The zero-order valence-corrected chi connectivity index (χ0v) is 9.23. The predicted molar refractivity (Wildman–Crippen MR) is 60.1 cm³/mol. The number of hydrogen-bond acceptors (Lipinski definition) is 3. The van der Waals surface area contributed by atoms with Crippen LogP contribution in [0.25, 0.3) is 0 Å². The third-order valence-electron chi connectivity index (χ3n) is 2.29. The van der Waals surface area contributed by atoms with Gasteiger partial charge in [-0.15, -0.1) is 0 Å². The second-order valence-corrected chi connectivity index (χ2v) is 3.58. The standard InChI is InChI=1S/C13H12FNO2/c14-11(8-4-5-9-15)13(17)12(16)10-6-2-1-3-7-10/h1-3,6-7,11H,4-5,8H2. The molecule has 88 valence electrons. The van der Waals surface area contributed by atoms with Crippen LogP contribution in [0.15, 0.2) is 30.3 Å². The van der Waals surface area contributed by atoms with Crippen LogP contribution in [0, 0.1) is 11.3 Å². The highest BCUT2D eigenvalue weighted by atomic mass is 19.1. The Morgan fingerprint density at radius 1 is 1.29 bits per heavy atom. The lowest BCUT2D eigenvalue weighted by molar-refractivity contribution is -0.119. The van der Waals surface area contributed by atoms with Crippen molar-refractivity contribution in [1.82, 2.24) is 0 Å². The van der Waals surface area contributed by atoms with Crippen LogP contribution in [0.5, 0.6) is 0 Å². The van der Waals surface area contributed by atoms with Gasteiger partial charge in [-0.3, -0.25) is 9.59 Å². The van der Waals surface area contributed by atoms with Crippen LogP contribution < -0.4 is 0 Å². The number of alkyl halides is 1. The molecule has 0 bridgehead atoms. The molecule has 0 aromatic heterocycles. The Kier molecular flexibility index (Phi) is 5.02. The monoisotopic (exact) mass is 233 g/mol. The first-order valence-electron chi connectivity index (χ1n) is 5.31. The summed E-state index contributed by atoms with van der Waals surface area (Å²) in [5.74, 6) is -1.84. The summed E-state index contributed by atoms with van der Waals surface area (Å²) < 4.78 is 13.4. The van der Waals surface area contributed by atoms with E-state index in [0.29, 0.717) is 0 Å². The van der Waals surface area contributed by atoms with E-state index in [1.165, 1.54) is 12.1 Å². The first-order valence-corrected chi connectivity index (χ1v) is 5.31. The molecule has 1 aromatic rings. The number of benzene rings is 1. The van der Waals surface area contributed by atoms with E-state index in [1.807, 2.05) is 6.07 Å². The molecule has 0 spiro atoms. The molecule has 0 heterocycles. The Morgan fingerprint density at radius 2 is 1.94 bits per heavy atom. The topological polar surface area (TPSA) is 57.9 Å². The van der Waals surface area contributed by atoms with Crippen molar-refractivity contribution in [3.05, 3.63) is 35.9 Å². The fourth-order valence-electron chi connectivity index (χ4n) is 1.37. The van der Waals surface area contributed by atoms with E-state index in [2.05, 4.69) is 0 Å². The molecular formula is C13H12FNO2. The molecule has 1 unspecified atom stereocenters. The van der Waals surface area contributed by atoms with E-state index in [9.17, 15) is 14.0 Å². The molecule has 0 aliphatic heterocycles. The average Bonchev–Trinajstić information content (AvgIpc) is 2.38. The zero-order valence-electron chi connectivity index (χ0n) is 9.23. The van der Waals surface area contributed by atoms with Crippen LogP contribution in [0.1, 0.15) is 29.6 Å². The first-order chi connectivity index (χ1) is 8.16. The third-order valence-corrected chi connectivity index (χ3v) is 2.29. The molecule has 4 heteroatoms. The number of nitrogens with zero attached hydrogens (tertiary/aromatic N) is 1. The second kappa shape index (κ2) is 6.54. The fourth-order valence-corrected chi connectivity index (χ4v) is 1.37. The molecule has 17 heavy (non-hydrogen) atoms. The smallest absolute Gasteiger partial charge is 0.237 e. The molecule has 0 amide bonds. The van der Waals surface area contributed by atoms with Gasteiger partial charge in [-0.2, -0.15) is 5.26 Å². The average molecular weight is 233 g/mol. The lowest BCUT2D eigenvalue weighted by Gasteiger charge is -2.04. The minimum absolute atomic E-state index is 0.0784. The molecule has 3 nitrogen and oxygen atoms in total. The summed E-state index contributed by atoms with van der Waals surface area (Å²) in [6, 6.07) is 9.75. The van der Waals surface area contributed by atoms with E-state index in [4.69, 9.17) is 5.26 Å². The van der Waals surface area contributed by atoms with Crippen molar-refractivity contribution in [2.75, 3.05) is 0 Å². The van der Waals surface area contributed by atoms with Gasteiger partial charge in [-0.25, -0.2) is 4.39 Å². The van der Waals surface area contributed by atoms with Gasteiger partial charge < -0.3 is 0 Å². The molecule has 0 radical (unpaired) electrons. The van der Waals surface area contributed by atoms with Crippen molar-refractivity contribution in [2.45, 2.75) is 25.4 Å². The molecular weight excluding hydrogens is 221 g/mol. The Balaban J connectivity index is 2.59. The molecule has 0 aliphatic carbocycles. The Hall–Kier alpha value is -2.02. The van der Waals surface area contributed by atoms with Gasteiger partial charge in [0.15, 0.2) is 6.17 Å². The number of hydrogen-bond donors (Lipinski definition) is 0. The molecule has 0 aliphatic rings. The number of ketones is 2. The summed E-state index contributed by atoms with van der Waals surface area (Å²) in [6.45, 7) is 0. The molecule has 0 N–H and O–H groups in total. The van der Waals surface area contributed by atoms with Crippen LogP contribution in [0.4, 0.5) is 4.39 Å². The number of carbonyl (C=O) groups is 2. The highest BCUT2D eigenvalue weighted by Gasteiger charge is 2.25. The van der Waals surface area contributed by atoms with E-state index >= 15 is 0 Å². The maximum absolute atomic E-state index is 13.4. The molecule has 1 aromatic carbocycles. The van der Waals surface area contributed by atoms with Gasteiger partial charge in [0.25, 0.3) is 0 Å². The summed E-state index contributed by atoms with van der Waals surface area (Å²) >= 11 is 0. The van der Waals surface area contributed by atoms with Crippen molar-refractivity contribution in [1.29, 1.82) is 5.26 Å². The van der Waals surface area contributed by atoms with Crippen LogP contribution in [0.3, 0.4) is 0 Å². The summed E-state index contributed by atoms with van der Waals surface area (Å²) in [6.07, 6.45) is -1.42. The summed E-state index contributed by atoms with van der Waals surface area (Å²) in [5, 5.41) is 8.28. The van der Waals surface area contributed by atoms with E-state index < -0.39 is 17.7 Å². The molecule has 1 rings (SSSR count). The number of halogens is 1. The van der Waals surface area contributed by atoms with Gasteiger partial charge in [0.1, 0.15) is 0 Å². The summed E-state index contributed by atoms with van der Waals surface area (Å²) in [7, 11) is 0. The van der Waals surface area contributed by atoms with Crippen LogP contribution >= 0.6 is 0 Å². The predicted octanol–water partition coefficient (Wildman–Crippen LogP) is 2.47.